The number of hydrogen-bond acceptors (Lipinski definition) is 2. The van der Waals surface area contributed by atoms with Gasteiger partial charge in [-0.25, -0.2) is 0 Å². The minimum Gasteiger partial charge on any atom is -0.465 e. The lowest BCUT2D eigenvalue weighted by molar-refractivity contribution is -0.137. The number of halogens is 1. The van der Waals surface area contributed by atoms with E-state index in [1.54, 1.807) is 0 Å². The fourth-order valence-electron chi connectivity index (χ4n) is 1.49. The van der Waals surface area contributed by atoms with Gasteiger partial charge >= 0.3 is 5.97 Å². The third kappa shape index (κ3) is 1.83. The van der Waals surface area contributed by atoms with Crippen molar-refractivity contribution >= 4 is 17.6 Å². The summed E-state index contributed by atoms with van der Waals surface area (Å²) in [7, 11) is 0. The quantitative estimate of drug-likeness (QED) is 0.645. The van der Waals surface area contributed by atoms with E-state index in [4.69, 9.17) is 16.3 Å². The lowest BCUT2D eigenvalue weighted by Gasteiger charge is -2.05. The number of esters is 1. The van der Waals surface area contributed by atoms with E-state index in [-0.39, 0.29) is 11.9 Å². The van der Waals surface area contributed by atoms with Crippen LogP contribution in [0, 0.1) is 0 Å². The minimum absolute atomic E-state index is 0.120. The Kier molecular flexibility index (Phi) is 2.23. The normalized spacial score (nSPS) is 21.6. The van der Waals surface area contributed by atoms with E-state index in [2.05, 4.69) is 0 Å². The highest BCUT2D eigenvalue weighted by molar-refractivity contribution is 6.30. The van der Waals surface area contributed by atoms with Crippen molar-refractivity contribution in [1.29, 1.82) is 0 Å². The zero-order valence-corrected chi connectivity index (χ0v) is 7.75. The van der Waals surface area contributed by atoms with Crippen LogP contribution in [0.4, 0.5) is 0 Å². The first-order chi connectivity index (χ1) is 6.25. The standard InChI is InChI=1S/C10H9ClO2/c11-9-3-1-2-7(4-9)8-5-10(12)13-6-8/h1-4,8H,5-6H2. The average Bonchev–Trinajstić information content (AvgIpc) is 2.52. The van der Waals surface area contributed by atoms with Crippen LogP contribution in [0.5, 0.6) is 0 Å². The van der Waals surface area contributed by atoms with Gasteiger partial charge in [-0.2, -0.15) is 0 Å². The van der Waals surface area contributed by atoms with Gasteiger partial charge < -0.3 is 4.74 Å². The maximum Gasteiger partial charge on any atom is 0.306 e. The molecule has 1 aromatic carbocycles. The van der Waals surface area contributed by atoms with Crippen molar-refractivity contribution in [2.75, 3.05) is 6.61 Å². The Hall–Kier alpha value is -1.02. The average molecular weight is 197 g/mol. The zero-order chi connectivity index (χ0) is 9.26. The molecule has 0 amide bonds. The van der Waals surface area contributed by atoms with Crippen LogP contribution >= 0.6 is 11.6 Å². The lowest BCUT2D eigenvalue weighted by Crippen LogP contribution is -1.96. The molecule has 13 heavy (non-hydrogen) atoms. The van der Waals surface area contributed by atoms with Gasteiger partial charge in [-0.05, 0) is 17.7 Å². The molecule has 1 aliphatic heterocycles. The summed E-state index contributed by atoms with van der Waals surface area (Å²) in [6.07, 6.45) is 0.473. The molecule has 0 spiro atoms. The molecule has 1 saturated heterocycles. The van der Waals surface area contributed by atoms with E-state index < -0.39 is 0 Å². The predicted molar refractivity (Wildman–Crippen MR) is 49.8 cm³/mol. The number of cyclic esters (lactones) is 1. The number of benzene rings is 1. The second kappa shape index (κ2) is 3.38. The van der Waals surface area contributed by atoms with Gasteiger partial charge in [-0.1, -0.05) is 23.7 Å². The van der Waals surface area contributed by atoms with Gasteiger partial charge in [0.2, 0.25) is 0 Å². The highest BCUT2D eigenvalue weighted by atomic mass is 35.5. The number of carbonyl (C=O) groups is 1. The van der Waals surface area contributed by atoms with Gasteiger partial charge in [-0.15, -0.1) is 0 Å². The predicted octanol–water partition coefficient (Wildman–Crippen LogP) is 2.37. The number of carbonyl (C=O) groups excluding carboxylic acids is 1. The summed E-state index contributed by atoms with van der Waals surface area (Å²) >= 11 is 5.83. The fourth-order valence-corrected chi connectivity index (χ4v) is 1.69. The number of rotatable bonds is 1. The first kappa shape index (κ1) is 8.57. The molecule has 1 heterocycles. The van der Waals surface area contributed by atoms with Crippen LogP contribution in [0.2, 0.25) is 5.02 Å². The van der Waals surface area contributed by atoms with Crippen molar-refractivity contribution in [3.63, 3.8) is 0 Å². The molecular weight excluding hydrogens is 188 g/mol. The first-order valence-corrected chi connectivity index (χ1v) is 4.54. The molecule has 2 nitrogen and oxygen atoms in total. The van der Waals surface area contributed by atoms with Gasteiger partial charge in [0.25, 0.3) is 0 Å². The Labute approximate surface area is 81.5 Å². The van der Waals surface area contributed by atoms with Gasteiger partial charge in [0.1, 0.15) is 0 Å². The molecule has 0 N–H and O–H groups in total. The maximum absolute atomic E-state index is 10.9. The van der Waals surface area contributed by atoms with Gasteiger partial charge in [0, 0.05) is 10.9 Å². The molecule has 0 bridgehead atoms. The molecule has 0 aromatic heterocycles. The van der Waals surface area contributed by atoms with E-state index in [0.29, 0.717) is 18.1 Å². The van der Waals surface area contributed by atoms with Crippen molar-refractivity contribution in [2.45, 2.75) is 12.3 Å². The molecule has 0 radical (unpaired) electrons. The van der Waals surface area contributed by atoms with Crippen molar-refractivity contribution < 1.29 is 9.53 Å². The molecule has 68 valence electrons. The van der Waals surface area contributed by atoms with E-state index in [9.17, 15) is 4.79 Å². The summed E-state index contributed by atoms with van der Waals surface area (Å²) in [6.45, 7) is 0.485. The second-order valence-corrected chi connectivity index (χ2v) is 3.58. The molecule has 2 rings (SSSR count). The smallest absolute Gasteiger partial charge is 0.306 e. The molecule has 1 atom stereocenters. The van der Waals surface area contributed by atoms with E-state index in [0.717, 1.165) is 5.56 Å². The third-order valence-electron chi connectivity index (χ3n) is 2.18. The van der Waals surface area contributed by atoms with Gasteiger partial charge in [0.05, 0.1) is 13.0 Å². The van der Waals surface area contributed by atoms with Crippen LogP contribution in [-0.2, 0) is 9.53 Å². The highest BCUT2D eigenvalue weighted by Crippen LogP contribution is 2.27. The molecule has 1 fully saturated rings. The summed E-state index contributed by atoms with van der Waals surface area (Å²) in [4.78, 5) is 10.9. The molecule has 0 aliphatic carbocycles. The Balaban J connectivity index is 2.21. The van der Waals surface area contributed by atoms with Crippen LogP contribution < -0.4 is 0 Å². The Morgan fingerprint density at radius 3 is 2.92 bits per heavy atom. The lowest BCUT2D eigenvalue weighted by atomic mass is 9.99. The number of ether oxygens (including phenoxy) is 1. The largest absolute Gasteiger partial charge is 0.465 e. The summed E-state index contributed by atoms with van der Waals surface area (Å²) in [6, 6.07) is 7.57. The van der Waals surface area contributed by atoms with Crippen molar-refractivity contribution in [2.24, 2.45) is 0 Å². The van der Waals surface area contributed by atoms with Gasteiger partial charge in [-0.3, -0.25) is 4.79 Å². The van der Waals surface area contributed by atoms with Crippen LogP contribution in [0.25, 0.3) is 0 Å². The maximum atomic E-state index is 10.9. The minimum atomic E-state index is -0.120. The van der Waals surface area contributed by atoms with Crippen molar-refractivity contribution in [3.05, 3.63) is 34.9 Å². The van der Waals surface area contributed by atoms with Crippen molar-refractivity contribution in [1.82, 2.24) is 0 Å². The summed E-state index contributed by atoms with van der Waals surface area (Å²) in [5, 5.41) is 0.705. The highest BCUT2D eigenvalue weighted by Gasteiger charge is 2.24. The molecular formula is C10H9ClO2. The first-order valence-electron chi connectivity index (χ1n) is 4.17. The second-order valence-electron chi connectivity index (χ2n) is 3.14. The topological polar surface area (TPSA) is 26.3 Å². The SMILES string of the molecule is O=C1CC(c2cccc(Cl)c2)CO1. The zero-order valence-electron chi connectivity index (χ0n) is 7.00. The van der Waals surface area contributed by atoms with Crippen LogP contribution in [0.3, 0.4) is 0 Å². The van der Waals surface area contributed by atoms with Gasteiger partial charge in [0.15, 0.2) is 0 Å². The summed E-state index contributed by atoms with van der Waals surface area (Å²) in [5.74, 6) is 0.0659. The molecule has 1 unspecified atom stereocenters. The summed E-state index contributed by atoms with van der Waals surface area (Å²) in [5.41, 5.74) is 1.08. The van der Waals surface area contributed by atoms with Crippen LogP contribution in [0.1, 0.15) is 17.9 Å². The Morgan fingerprint density at radius 2 is 2.31 bits per heavy atom. The summed E-state index contributed by atoms with van der Waals surface area (Å²) < 4.78 is 4.88. The Morgan fingerprint density at radius 1 is 1.46 bits per heavy atom. The van der Waals surface area contributed by atoms with Crippen LogP contribution in [-0.4, -0.2) is 12.6 Å². The molecule has 0 saturated carbocycles. The molecule has 1 aromatic rings. The molecule has 3 heteroatoms. The van der Waals surface area contributed by atoms with E-state index in [1.807, 2.05) is 24.3 Å². The van der Waals surface area contributed by atoms with Crippen LogP contribution in [0.15, 0.2) is 24.3 Å². The van der Waals surface area contributed by atoms with E-state index in [1.165, 1.54) is 0 Å². The monoisotopic (exact) mass is 196 g/mol. The fraction of sp³-hybridized carbons (Fsp3) is 0.300. The molecule has 1 aliphatic rings. The van der Waals surface area contributed by atoms with Crippen molar-refractivity contribution in [3.8, 4) is 0 Å². The third-order valence-corrected chi connectivity index (χ3v) is 2.41. The number of hydrogen-bond donors (Lipinski definition) is 0. The van der Waals surface area contributed by atoms with E-state index >= 15 is 0 Å². The Bertz CT molecular complexity index is 335.